The zero-order chi connectivity index (χ0) is 11.4. The Morgan fingerprint density at radius 1 is 0.857 bits per heavy atom. The van der Waals surface area contributed by atoms with Crippen LogP contribution in [-0.2, 0) is 11.9 Å². The Labute approximate surface area is 106 Å². The summed E-state index contributed by atoms with van der Waals surface area (Å²) in [5, 5.41) is 8.42. The third kappa shape index (κ3) is 37.2. The van der Waals surface area contributed by atoms with Gasteiger partial charge in [0.25, 0.3) is 0 Å². The summed E-state index contributed by atoms with van der Waals surface area (Å²) in [6.07, 6.45) is 7.50. The summed E-state index contributed by atoms with van der Waals surface area (Å²) in [4.78, 5) is 0. The maximum atomic E-state index is 8.42. The molecule has 0 unspecified atom stereocenters. The quantitative estimate of drug-likeness (QED) is 0.511. The van der Waals surface area contributed by atoms with Gasteiger partial charge < -0.3 is 5.11 Å². The predicted octanol–water partition coefficient (Wildman–Crippen LogP) is 5.09. The molecule has 0 aliphatic carbocycles. The summed E-state index contributed by atoms with van der Waals surface area (Å²) in [6, 6.07) is 0. The third-order valence-corrected chi connectivity index (χ3v) is 1.51. The van der Waals surface area contributed by atoms with E-state index in [0.717, 1.165) is 6.42 Å². The topological polar surface area (TPSA) is 20.2 Å². The van der Waals surface area contributed by atoms with Crippen molar-refractivity contribution in [3.63, 3.8) is 0 Å². The molecule has 1 nitrogen and oxygen atoms in total. The summed E-state index contributed by atoms with van der Waals surface area (Å²) in [5.74, 6) is 0. The van der Waals surface area contributed by atoms with Gasteiger partial charge in [-0.3, -0.25) is 0 Å². The van der Waals surface area contributed by atoms with E-state index < -0.39 is 11.9 Å². The Balaban J connectivity index is 0. The van der Waals surface area contributed by atoms with Crippen molar-refractivity contribution >= 4 is 37.7 Å². The van der Waals surface area contributed by atoms with Crippen molar-refractivity contribution < 1.29 is 17.0 Å². The van der Waals surface area contributed by atoms with Crippen LogP contribution < -0.4 is 0 Å². The molecule has 0 saturated heterocycles. The van der Waals surface area contributed by atoms with E-state index in [1.165, 1.54) is 32.1 Å². The van der Waals surface area contributed by atoms with Gasteiger partial charge in [0.15, 0.2) is 0 Å². The van der Waals surface area contributed by atoms with Crippen LogP contribution in [0.5, 0.6) is 0 Å². The monoisotopic (exact) mass is 368 g/mol. The molecule has 0 aromatic carbocycles. The van der Waals surface area contributed by atoms with Crippen molar-refractivity contribution in [2.45, 2.75) is 45.4 Å². The SMILES string of the molecule is CCCCCCCCO.[Cl][Mo]([Cl])([Cl])[Cl]. The Bertz CT molecular complexity index is 96.0. The Morgan fingerprint density at radius 3 is 1.57 bits per heavy atom. The van der Waals surface area contributed by atoms with Crippen LogP contribution in [0.3, 0.4) is 0 Å². The number of aliphatic hydroxyl groups is 1. The number of hydrogen-bond donors (Lipinski definition) is 1. The summed E-state index contributed by atoms with van der Waals surface area (Å²) < 4.78 is 0. The molecule has 0 radical (unpaired) electrons. The molecule has 0 aliphatic rings. The third-order valence-electron chi connectivity index (χ3n) is 1.51. The van der Waals surface area contributed by atoms with E-state index >= 15 is 0 Å². The molecule has 6 heteroatoms. The molecular formula is C8H18Cl4MoO. The van der Waals surface area contributed by atoms with Gasteiger partial charge in [-0.2, -0.15) is 0 Å². The predicted molar refractivity (Wildman–Crippen MR) is 63.9 cm³/mol. The molecule has 1 N–H and O–H groups in total. The molecule has 0 fully saturated rings. The fourth-order valence-electron chi connectivity index (χ4n) is 0.892. The van der Waals surface area contributed by atoms with Crippen molar-refractivity contribution in [2.24, 2.45) is 0 Å². The normalized spacial score (nSPS) is 11.9. The molecule has 0 aromatic heterocycles. The Kier molecular flexibility index (Phi) is 16.7. The first-order valence-corrected chi connectivity index (χ1v) is 15.0. The second kappa shape index (κ2) is 12.9. The number of halogens is 4. The van der Waals surface area contributed by atoms with Crippen LogP contribution in [0.15, 0.2) is 0 Å². The van der Waals surface area contributed by atoms with Gasteiger partial charge in [0, 0.05) is 6.61 Å². The van der Waals surface area contributed by atoms with Crippen molar-refractivity contribution in [2.75, 3.05) is 6.61 Å². The van der Waals surface area contributed by atoms with Crippen LogP contribution in [0.4, 0.5) is 0 Å². The van der Waals surface area contributed by atoms with Gasteiger partial charge in [-0.1, -0.05) is 39.0 Å². The molecule has 0 aliphatic heterocycles. The summed E-state index contributed by atoms with van der Waals surface area (Å²) in [5.41, 5.74) is 0. The molecule has 90 valence electrons. The van der Waals surface area contributed by atoms with E-state index in [0.29, 0.717) is 6.61 Å². The fourth-order valence-corrected chi connectivity index (χ4v) is 0.892. The van der Waals surface area contributed by atoms with Crippen LogP contribution in [0.25, 0.3) is 0 Å². The van der Waals surface area contributed by atoms with Gasteiger partial charge in [-0.25, -0.2) is 0 Å². The van der Waals surface area contributed by atoms with E-state index in [-0.39, 0.29) is 0 Å². The van der Waals surface area contributed by atoms with Crippen molar-refractivity contribution in [1.29, 1.82) is 0 Å². The van der Waals surface area contributed by atoms with Crippen molar-refractivity contribution in [3.05, 3.63) is 0 Å². The molecule has 0 atom stereocenters. The van der Waals surface area contributed by atoms with E-state index in [1.54, 1.807) is 0 Å². The molecule has 14 heavy (non-hydrogen) atoms. The van der Waals surface area contributed by atoms with Gasteiger partial charge in [-0.05, 0) is 6.42 Å². The standard InChI is InChI=1S/C8H18O.4ClH.Mo/c1-2-3-4-5-6-7-8-9;;;;;/h9H,2-8H2,1H3;4*1H;/q;;;;;+4/p-4. The average molecular weight is 368 g/mol. The van der Waals surface area contributed by atoms with E-state index in [1.807, 2.05) is 0 Å². The minimum atomic E-state index is -3.13. The first-order chi connectivity index (χ1) is 6.41. The second-order valence-corrected chi connectivity index (χ2v) is 21.1. The van der Waals surface area contributed by atoms with E-state index in [2.05, 4.69) is 6.92 Å². The first kappa shape index (κ1) is 18.2. The molecule has 0 bridgehead atoms. The summed E-state index contributed by atoms with van der Waals surface area (Å²) >= 11 is -3.13. The number of unbranched alkanes of at least 4 members (excludes halogenated alkanes) is 5. The van der Waals surface area contributed by atoms with Crippen molar-refractivity contribution in [3.8, 4) is 0 Å². The molecular weight excluding hydrogens is 350 g/mol. The molecule has 0 saturated carbocycles. The van der Waals surface area contributed by atoms with E-state index in [9.17, 15) is 0 Å². The number of aliphatic hydroxyl groups excluding tert-OH is 1. The summed E-state index contributed by atoms with van der Waals surface area (Å²) in [6.45, 7) is 2.58. The second-order valence-electron chi connectivity index (χ2n) is 2.84. The van der Waals surface area contributed by atoms with Gasteiger partial charge in [0.05, 0.1) is 0 Å². The molecule has 0 rings (SSSR count). The van der Waals surface area contributed by atoms with Gasteiger partial charge in [0.2, 0.25) is 0 Å². The molecule has 0 heterocycles. The molecule has 0 aromatic rings. The first-order valence-electron chi connectivity index (χ1n) is 4.64. The van der Waals surface area contributed by atoms with Crippen LogP contribution in [0.1, 0.15) is 45.4 Å². The Morgan fingerprint density at radius 2 is 1.21 bits per heavy atom. The average Bonchev–Trinajstić information content (AvgIpc) is 2.01. The molecule has 0 amide bonds. The van der Waals surface area contributed by atoms with Crippen molar-refractivity contribution in [1.82, 2.24) is 0 Å². The van der Waals surface area contributed by atoms with Gasteiger partial charge >= 0.3 is 49.6 Å². The fraction of sp³-hybridized carbons (Fsp3) is 1.00. The zero-order valence-corrected chi connectivity index (χ0v) is 13.3. The summed E-state index contributed by atoms with van der Waals surface area (Å²) in [7, 11) is 20.1. The van der Waals surface area contributed by atoms with Gasteiger partial charge in [0.1, 0.15) is 0 Å². The zero-order valence-electron chi connectivity index (χ0n) is 8.32. The van der Waals surface area contributed by atoms with Crippen LogP contribution >= 0.6 is 37.7 Å². The minimum absolute atomic E-state index is 0.367. The van der Waals surface area contributed by atoms with Crippen LogP contribution in [0, 0.1) is 0 Å². The van der Waals surface area contributed by atoms with E-state index in [4.69, 9.17) is 42.8 Å². The van der Waals surface area contributed by atoms with Gasteiger partial charge in [-0.15, -0.1) is 0 Å². The Hall–Kier alpha value is 1.81. The maximum absolute atomic E-state index is 8.42. The number of hydrogen-bond acceptors (Lipinski definition) is 1. The number of rotatable bonds is 6. The molecule has 0 spiro atoms. The van der Waals surface area contributed by atoms with Crippen LogP contribution in [-0.4, -0.2) is 11.7 Å². The van der Waals surface area contributed by atoms with Crippen LogP contribution in [0.2, 0.25) is 0 Å².